The molecule has 0 spiro atoms. The van der Waals surface area contributed by atoms with Gasteiger partial charge in [0.25, 0.3) is 0 Å². The third-order valence-corrected chi connectivity index (χ3v) is 5.19. The van der Waals surface area contributed by atoms with Crippen molar-refractivity contribution in [2.24, 2.45) is 0 Å². The van der Waals surface area contributed by atoms with Crippen molar-refractivity contribution in [3.63, 3.8) is 0 Å². The van der Waals surface area contributed by atoms with Crippen LogP contribution < -0.4 is 10.6 Å². The van der Waals surface area contributed by atoms with Crippen LogP contribution in [0, 0.1) is 11.3 Å². The Labute approximate surface area is 170 Å². The Morgan fingerprint density at radius 1 is 1.31 bits per heavy atom. The van der Waals surface area contributed by atoms with E-state index < -0.39 is 29.2 Å². The maximum absolute atomic E-state index is 14.3. The number of amides is 3. The summed E-state index contributed by atoms with van der Waals surface area (Å²) < 4.78 is 14.3. The number of allylic oxidation sites excluding steroid dienone is 1. The number of nitrogens with zero attached hydrogens (tertiary/aromatic N) is 2. The molecule has 1 aliphatic heterocycles. The number of hydrogen-bond acceptors (Lipinski definition) is 3. The lowest BCUT2D eigenvalue weighted by atomic mass is 9.99. The molecule has 1 heterocycles. The van der Waals surface area contributed by atoms with Gasteiger partial charge in [0.2, 0.25) is 5.91 Å². The molecular formula is C22H27FN4O2. The lowest BCUT2D eigenvalue weighted by molar-refractivity contribution is -0.124. The molecule has 1 unspecified atom stereocenters. The van der Waals surface area contributed by atoms with E-state index in [1.54, 1.807) is 6.20 Å². The van der Waals surface area contributed by atoms with E-state index in [1.165, 1.54) is 18.7 Å². The number of rotatable bonds is 6. The van der Waals surface area contributed by atoms with E-state index in [0.717, 1.165) is 24.0 Å². The average Bonchev–Trinajstić information content (AvgIpc) is 3.47. The molecule has 0 saturated heterocycles. The Balaban J connectivity index is 1.72. The standard InChI is InChI=1S/C22H27FN4O2/c1-21(2,23)13-18(19(28)26-22(15-24)10-11-22)25-20(29)27-12-6-9-17(14-27)16-7-4-3-5-8-16/h3-5,7-8,14,18H,6,9-13H2,1-2H3,(H,25,29)(H,26,28). The summed E-state index contributed by atoms with van der Waals surface area (Å²) in [5, 5.41) is 14.5. The molecule has 3 amide bonds. The number of urea groups is 1. The maximum Gasteiger partial charge on any atom is 0.322 e. The molecule has 1 aromatic carbocycles. The summed E-state index contributed by atoms with van der Waals surface area (Å²) in [4.78, 5) is 27.0. The first-order valence-corrected chi connectivity index (χ1v) is 9.97. The van der Waals surface area contributed by atoms with Crippen LogP contribution in [0.3, 0.4) is 0 Å². The third-order valence-electron chi connectivity index (χ3n) is 5.19. The summed E-state index contributed by atoms with van der Waals surface area (Å²) in [7, 11) is 0. The molecule has 1 aromatic rings. The van der Waals surface area contributed by atoms with E-state index in [0.29, 0.717) is 19.4 Å². The second-order valence-electron chi connectivity index (χ2n) is 8.43. The van der Waals surface area contributed by atoms with Crippen LogP contribution in [0.25, 0.3) is 5.57 Å². The zero-order chi connectivity index (χ0) is 21.1. The van der Waals surface area contributed by atoms with Crippen molar-refractivity contribution < 1.29 is 14.0 Å². The number of carbonyl (C=O) groups is 2. The van der Waals surface area contributed by atoms with Crippen molar-refractivity contribution in [3.8, 4) is 6.07 Å². The monoisotopic (exact) mass is 398 g/mol. The highest BCUT2D eigenvalue weighted by molar-refractivity contribution is 5.89. The molecule has 1 atom stereocenters. The molecule has 0 bridgehead atoms. The van der Waals surface area contributed by atoms with Gasteiger partial charge in [-0.2, -0.15) is 5.26 Å². The van der Waals surface area contributed by atoms with Crippen molar-refractivity contribution in [1.82, 2.24) is 15.5 Å². The van der Waals surface area contributed by atoms with Crippen LogP contribution in [-0.2, 0) is 4.79 Å². The van der Waals surface area contributed by atoms with Gasteiger partial charge in [0.15, 0.2) is 0 Å². The van der Waals surface area contributed by atoms with E-state index >= 15 is 0 Å². The van der Waals surface area contributed by atoms with Gasteiger partial charge < -0.3 is 15.5 Å². The van der Waals surface area contributed by atoms with Gasteiger partial charge in [-0.1, -0.05) is 30.3 Å². The zero-order valence-electron chi connectivity index (χ0n) is 16.9. The Bertz CT molecular complexity index is 835. The third kappa shape index (κ3) is 5.57. The molecule has 0 aromatic heterocycles. The van der Waals surface area contributed by atoms with Gasteiger partial charge in [-0.15, -0.1) is 0 Å². The number of hydrogen-bond donors (Lipinski definition) is 2. The topological polar surface area (TPSA) is 85.2 Å². The van der Waals surface area contributed by atoms with Crippen molar-refractivity contribution in [3.05, 3.63) is 42.1 Å². The minimum absolute atomic E-state index is 0.171. The van der Waals surface area contributed by atoms with Gasteiger partial charge in [0, 0.05) is 19.2 Å². The summed E-state index contributed by atoms with van der Waals surface area (Å²) in [5.41, 5.74) is -0.424. The summed E-state index contributed by atoms with van der Waals surface area (Å²) in [6.45, 7) is 3.26. The van der Waals surface area contributed by atoms with Gasteiger partial charge in [-0.25, -0.2) is 9.18 Å². The Kier molecular flexibility index (Phi) is 5.92. The minimum atomic E-state index is -1.65. The molecule has 1 fully saturated rings. The highest BCUT2D eigenvalue weighted by atomic mass is 19.1. The number of alkyl halides is 1. The van der Waals surface area contributed by atoms with E-state index in [4.69, 9.17) is 0 Å². The van der Waals surface area contributed by atoms with Crippen molar-refractivity contribution in [2.75, 3.05) is 6.54 Å². The number of carbonyl (C=O) groups excluding carboxylic acids is 2. The van der Waals surface area contributed by atoms with Crippen molar-refractivity contribution >= 4 is 17.5 Å². The lowest BCUT2D eigenvalue weighted by Crippen LogP contribution is -2.54. The van der Waals surface area contributed by atoms with Gasteiger partial charge in [-0.05, 0) is 50.7 Å². The molecule has 3 rings (SSSR count). The van der Waals surface area contributed by atoms with Crippen LogP contribution in [-0.4, -0.2) is 40.6 Å². The Hall–Kier alpha value is -2.88. The van der Waals surface area contributed by atoms with Crippen LogP contribution in [0.2, 0.25) is 0 Å². The molecule has 2 N–H and O–H groups in total. The first kappa shape index (κ1) is 20.8. The smallest absolute Gasteiger partial charge is 0.322 e. The summed E-state index contributed by atoms with van der Waals surface area (Å²) in [6.07, 6.45) is 4.43. The fraction of sp³-hybridized carbons (Fsp3) is 0.500. The van der Waals surface area contributed by atoms with Crippen LogP contribution in [0.4, 0.5) is 9.18 Å². The fourth-order valence-corrected chi connectivity index (χ4v) is 3.43. The number of benzene rings is 1. The maximum atomic E-state index is 14.3. The van der Waals surface area contributed by atoms with Gasteiger partial charge >= 0.3 is 6.03 Å². The van der Waals surface area contributed by atoms with E-state index in [1.807, 2.05) is 30.3 Å². The SMILES string of the molecule is CC(C)(F)CC(NC(=O)N1C=C(c2ccccc2)CCC1)C(=O)NC1(C#N)CC1. The molecule has 2 aliphatic rings. The minimum Gasteiger partial charge on any atom is -0.336 e. The van der Waals surface area contributed by atoms with Gasteiger partial charge in [0.1, 0.15) is 17.2 Å². The van der Waals surface area contributed by atoms with Crippen LogP contribution >= 0.6 is 0 Å². The largest absolute Gasteiger partial charge is 0.336 e. The average molecular weight is 398 g/mol. The van der Waals surface area contributed by atoms with Crippen LogP contribution in [0.5, 0.6) is 0 Å². The van der Waals surface area contributed by atoms with Crippen molar-refractivity contribution in [2.45, 2.75) is 63.2 Å². The van der Waals surface area contributed by atoms with Gasteiger partial charge in [-0.3, -0.25) is 4.79 Å². The van der Waals surface area contributed by atoms with Gasteiger partial charge in [0.05, 0.1) is 6.07 Å². The lowest BCUT2D eigenvalue weighted by Gasteiger charge is -2.29. The summed E-state index contributed by atoms with van der Waals surface area (Å²) in [5.74, 6) is -0.521. The second kappa shape index (κ2) is 8.24. The first-order valence-electron chi connectivity index (χ1n) is 9.97. The fourth-order valence-electron chi connectivity index (χ4n) is 3.43. The van der Waals surface area contributed by atoms with E-state index in [9.17, 15) is 19.2 Å². The van der Waals surface area contributed by atoms with E-state index in [2.05, 4.69) is 16.7 Å². The summed E-state index contributed by atoms with van der Waals surface area (Å²) >= 11 is 0. The van der Waals surface area contributed by atoms with E-state index in [-0.39, 0.29) is 6.42 Å². The molecule has 154 valence electrons. The number of nitriles is 1. The summed E-state index contributed by atoms with van der Waals surface area (Å²) in [6, 6.07) is 10.4. The zero-order valence-corrected chi connectivity index (χ0v) is 16.9. The predicted octanol–water partition coefficient (Wildman–Crippen LogP) is 3.51. The number of nitrogens with one attached hydrogen (secondary N) is 2. The Morgan fingerprint density at radius 3 is 2.59 bits per heavy atom. The quantitative estimate of drug-likeness (QED) is 0.769. The predicted molar refractivity (Wildman–Crippen MR) is 108 cm³/mol. The highest BCUT2D eigenvalue weighted by Crippen LogP contribution is 2.34. The van der Waals surface area contributed by atoms with Crippen molar-refractivity contribution in [1.29, 1.82) is 5.26 Å². The molecular weight excluding hydrogens is 371 g/mol. The highest BCUT2D eigenvalue weighted by Gasteiger charge is 2.46. The molecule has 29 heavy (non-hydrogen) atoms. The molecule has 0 radical (unpaired) electrons. The molecule has 1 saturated carbocycles. The number of halogens is 1. The molecule has 1 aliphatic carbocycles. The molecule has 6 nitrogen and oxygen atoms in total. The normalized spacial score (nSPS) is 18.8. The second-order valence-corrected chi connectivity index (χ2v) is 8.43. The van der Waals surface area contributed by atoms with Crippen LogP contribution in [0.15, 0.2) is 36.5 Å². The first-order chi connectivity index (χ1) is 13.7. The molecule has 7 heteroatoms. The Morgan fingerprint density at radius 2 is 2.00 bits per heavy atom. The van der Waals surface area contributed by atoms with Crippen LogP contribution in [0.1, 0.15) is 51.5 Å².